The van der Waals surface area contributed by atoms with Crippen LogP contribution in [0.25, 0.3) is 0 Å². The van der Waals surface area contributed by atoms with Gasteiger partial charge in [-0.25, -0.2) is 4.79 Å². The number of ether oxygens (including phenoxy) is 1. The molecule has 2 N–H and O–H groups in total. The number of hydrogen-bond acceptors (Lipinski definition) is 3. The molecule has 4 nitrogen and oxygen atoms in total. The van der Waals surface area contributed by atoms with E-state index in [1.54, 1.807) is 0 Å². The van der Waals surface area contributed by atoms with Crippen LogP contribution in [0.5, 0.6) is 0 Å². The van der Waals surface area contributed by atoms with Gasteiger partial charge in [-0.1, -0.05) is 12.8 Å². The molecule has 1 aliphatic carbocycles. The van der Waals surface area contributed by atoms with Crippen molar-refractivity contribution >= 4 is 5.97 Å². The number of rotatable bonds is 1. The maximum Gasteiger partial charge on any atom is 0.332 e. The molecule has 1 saturated heterocycles. The van der Waals surface area contributed by atoms with Crippen molar-refractivity contribution in [3.63, 3.8) is 0 Å². The zero-order valence-corrected chi connectivity index (χ0v) is 8.06. The smallest absolute Gasteiger partial charge is 0.332 e. The van der Waals surface area contributed by atoms with Gasteiger partial charge in [-0.05, 0) is 12.8 Å². The average Bonchev–Trinajstić information content (AvgIpc) is 2.17. The second kappa shape index (κ2) is 3.87. The first-order valence-electron chi connectivity index (χ1n) is 5.25. The fourth-order valence-electron chi connectivity index (χ4n) is 2.55. The van der Waals surface area contributed by atoms with Gasteiger partial charge in [0.2, 0.25) is 0 Å². The van der Waals surface area contributed by atoms with Crippen LogP contribution in [0.3, 0.4) is 0 Å². The number of hydrogen-bond donors (Lipinski definition) is 2. The first-order chi connectivity index (χ1) is 6.68. The highest BCUT2D eigenvalue weighted by molar-refractivity contribution is 5.72. The number of carbonyl (C=O) groups is 1. The zero-order chi connectivity index (χ0) is 10.1. The number of aliphatic carboxylic acids is 1. The summed E-state index contributed by atoms with van der Waals surface area (Å²) < 4.78 is 5.46. The maximum atomic E-state index is 10.7. The minimum atomic E-state index is -0.951. The van der Waals surface area contributed by atoms with Gasteiger partial charge in [0.1, 0.15) is 0 Å². The van der Waals surface area contributed by atoms with E-state index in [2.05, 4.69) is 0 Å². The Morgan fingerprint density at radius 1 is 1.29 bits per heavy atom. The first kappa shape index (κ1) is 9.93. The van der Waals surface area contributed by atoms with E-state index < -0.39 is 18.2 Å². The quantitative estimate of drug-likeness (QED) is 0.656. The fraction of sp³-hybridized carbons (Fsp3) is 0.900. The SMILES string of the molecule is O=C(O)[C@H]1C[C@@H](O)C2CCCCC2O1. The summed E-state index contributed by atoms with van der Waals surface area (Å²) in [4.78, 5) is 10.7. The molecular weight excluding hydrogens is 184 g/mol. The first-order valence-corrected chi connectivity index (χ1v) is 5.25. The molecule has 0 aromatic heterocycles. The summed E-state index contributed by atoms with van der Waals surface area (Å²) in [6.07, 6.45) is 2.99. The normalized spacial score (nSPS) is 42.9. The van der Waals surface area contributed by atoms with Gasteiger partial charge in [-0.15, -0.1) is 0 Å². The lowest BCUT2D eigenvalue weighted by atomic mass is 9.79. The van der Waals surface area contributed by atoms with Crippen molar-refractivity contribution in [2.24, 2.45) is 5.92 Å². The van der Waals surface area contributed by atoms with Crippen LogP contribution in [0.2, 0.25) is 0 Å². The molecule has 0 aromatic carbocycles. The Morgan fingerprint density at radius 2 is 2.00 bits per heavy atom. The van der Waals surface area contributed by atoms with Crippen LogP contribution >= 0.6 is 0 Å². The van der Waals surface area contributed by atoms with Crippen LogP contribution in [0.15, 0.2) is 0 Å². The molecule has 2 fully saturated rings. The molecule has 4 atom stereocenters. The molecule has 0 radical (unpaired) electrons. The van der Waals surface area contributed by atoms with Gasteiger partial charge in [0, 0.05) is 12.3 Å². The molecule has 14 heavy (non-hydrogen) atoms. The van der Waals surface area contributed by atoms with Gasteiger partial charge >= 0.3 is 5.97 Å². The molecule has 1 heterocycles. The van der Waals surface area contributed by atoms with Crippen LogP contribution in [0.1, 0.15) is 32.1 Å². The number of carboxylic acids is 1. The third-order valence-electron chi connectivity index (χ3n) is 3.32. The molecule has 4 heteroatoms. The maximum absolute atomic E-state index is 10.7. The van der Waals surface area contributed by atoms with Crippen LogP contribution in [-0.4, -0.2) is 34.5 Å². The number of fused-ring (bicyclic) bond motifs is 1. The van der Waals surface area contributed by atoms with Crippen molar-refractivity contribution in [1.29, 1.82) is 0 Å². The monoisotopic (exact) mass is 200 g/mol. The Hall–Kier alpha value is -0.610. The highest BCUT2D eigenvalue weighted by atomic mass is 16.5. The van der Waals surface area contributed by atoms with E-state index in [4.69, 9.17) is 9.84 Å². The van der Waals surface area contributed by atoms with E-state index in [1.807, 2.05) is 0 Å². The van der Waals surface area contributed by atoms with Crippen molar-refractivity contribution in [3.05, 3.63) is 0 Å². The molecular formula is C10H16O4. The van der Waals surface area contributed by atoms with Crippen LogP contribution in [0.4, 0.5) is 0 Å². The van der Waals surface area contributed by atoms with Gasteiger partial charge < -0.3 is 14.9 Å². The number of aliphatic hydroxyl groups is 1. The van der Waals surface area contributed by atoms with Gasteiger partial charge in [-0.2, -0.15) is 0 Å². The lowest BCUT2D eigenvalue weighted by Crippen LogP contribution is -2.48. The second-order valence-corrected chi connectivity index (χ2v) is 4.25. The van der Waals surface area contributed by atoms with E-state index in [-0.39, 0.29) is 18.4 Å². The van der Waals surface area contributed by atoms with Crippen LogP contribution in [-0.2, 0) is 9.53 Å². The second-order valence-electron chi connectivity index (χ2n) is 4.25. The Labute approximate surface area is 82.9 Å². The van der Waals surface area contributed by atoms with E-state index in [9.17, 15) is 9.90 Å². The third-order valence-corrected chi connectivity index (χ3v) is 3.32. The lowest BCUT2D eigenvalue weighted by Gasteiger charge is -2.41. The molecule has 0 spiro atoms. The lowest BCUT2D eigenvalue weighted by molar-refractivity contribution is -0.181. The topological polar surface area (TPSA) is 66.8 Å². The summed E-state index contributed by atoms with van der Waals surface area (Å²) in [7, 11) is 0. The molecule has 0 amide bonds. The van der Waals surface area contributed by atoms with Gasteiger partial charge in [-0.3, -0.25) is 0 Å². The number of aliphatic hydroxyl groups excluding tert-OH is 1. The Bertz CT molecular complexity index is 228. The molecule has 80 valence electrons. The summed E-state index contributed by atoms with van der Waals surface area (Å²) in [5, 5.41) is 18.6. The van der Waals surface area contributed by atoms with Crippen molar-refractivity contribution in [2.45, 2.75) is 50.4 Å². The molecule has 2 aliphatic rings. The molecule has 0 aromatic rings. The van der Waals surface area contributed by atoms with Crippen LogP contribution < -0.4 is 0 Å². The van der Waals surface area contributed by atoms with Crippen molar-refractivity contribution in [3.8, 4) is 0 Å². The Morgan fingerprint density at radius 3 is 2.71 bits per heavy atom. The average molecular weight is 200 g/mol. The Balaban J connectivity index is 2.04. The number of carboxylic acid groups (broad SMARTS) is 1. The summed E-state index contributed by atoms with van der Waals surface area (Å²) >= 11 is 0. The van der Waals surface area contributed by atoms with Crippen molar-refractivity contribution in [2.75, 3.05) is 0 Å². The highest BCUT2D eigenvalue weighted by Crippen LogP contribution is 2.35. The van der Waals surface area contributed by atoms with E-state index >= 15 is 0 Å². The Kier molecular flexibility index (Phi) is 2.74. The molecule has 2 rings (SSSR count). The van der Waals surface area contributed by atoms with Crippen LogP contribution in [0, 0.1) is 5.92 Å². The predicted octanol–water partition coefficient (Wildman–Crippen LogP) is 0.780. The predicted molar refractivity (Wildman–Crippen MR) is 48.9 cm³/mol. The zero-order valence-electron chi connectivity index (χ0n) is 8.06. The van der Waals surface area contributed by atoms with Crippen molar-refractivity contribution in [1.82, 2.24) is 0 Å². The summed E-state index contributed by atoms with van der Waals surface area (Å²) in [5.74, 6) is -0.785. The molecule has 2 unspecified atom stereocenters. The molecule has 0 bridgehead atoms. The third kappa shape index (κ3) is 1.77. The van der Waals surface area contributed by atoms with Gasteiger partial charge in [0.05, 0.1) is 12.2 Å². The summed E-state index contributed by atoms with van der Waals surface area (Å²) in [6, 6.07) is 0. The summed E-state index contributed by atoms with van der Waals surface area (Å²) in [6.45, 7) is 0. The highest BCUT2D eigenvalue weighted by Gasteiger charge is 2.41. The minimum absolute atomic E-state index is 0.0337. The van der Waals surface area contributed by atoms with Gasteiger partial charge in [0.25, 0.3) is 0 Å². The molecule has 1 saturated carbocycles. The van der Waals surface area contributed by atoms with Gasteiger partial charge in [0.15, 0.2) is 6.10 Å². The van der Waals surface area contributed by atoms with Crippen molar-refractivity contribution < 1.29 is 19.7 Å². The minimum Gasteiger partial charge on any atom is -0.479 e. The summed E-state index contributed by atoms with van der Waals surface area (Å²) in [5.41, 5.74) is 0. The van der Waals surface area contributed by atoms with E-state index in [1.165, 1.54) is 0 Å². The molecule has 1 aliphatic heterocycles. The van der Waals surface area contributed by atoms with E-state index in [0.717, 1.165) is 25.7 Å². The standard InChI is InChI=1S/C10H16O4/c11-7-5-9(10(12)13)14-8-4-2-1-3-6(7)8/h6-9,11H,1-5H2,(H,12,13)/t6?,7-,8?,9-/m1/s1. The fourth-order valence-corrected chi connectivity index (χ4v) is 2.55. The van der Waals surface area contributed by atoms with E-state index in [0.29, 0.717) is 0 Å². The largest absolute Gasteiger partial charge is 0.479 e.